The van der Waals surface area contributed by atoms with Crippen molar-refractivity contribution in [3.8, 4) is 0 Å². The predicted octanol–water partition coefficient (Wildman–Crippen LogP) is 1.59. The predicted molar refractivity (Wildman–Crippen MR) is 55.7 cm³/mol. The van der Waals surface area contributed by atoms with Crippen LogP contribution in [0.4, 0.5) is 0 Å². The van der Waals surface area contributed by atoms with Crippen LogP contribution in [0.25, 0.3) is 0 Å². The molecule has 0 unspecified atom stereocenters. The first-order chi connectivity index (χ1) is 5.50. The van der Waals surface area contributed by atoms with Crippen molar-refractivity contribution in [1.82, 2.24) is 0 Å². The van der Waals surface area contributed by atoms with Gasteiger partial charge in [0.1, 0.15) is 0 Å². The SMILES string of the molecule is [CH3][Sn]([CH3])([CH3])[c]1cccc(=O)cc1. The van der Waals surface area contributed by atoms with Crippen molar-refractivity contribution < 1.29 is 0 Å². The van der Waals surface area contributed by atoms with Crippen LogP contribution in [-0.2, 0) is 0 Å². The van der Waals surface area contributed by atoms with E-state index in [4.69, 9.17) is 0 Å². The van der Waals surface area contributed by atoms with Crippen LogP contribution in [-0.4, -0.2) is 18.4 Å². The third kappa shape index (κ3) is 2.63. The molecule has 0 aliphatic carbocycles. The molecule has 0 aliphatic rings. The van der Waals surface area contributed by atoms with Crippen LogP contribution in [0, 0.1) is 0 Å². The molecule has 1 aromatic rings. The van der Waals surface area contributed by atoms with Crippen LogP contribution in [0.3, 0.4) is 0 Å². The van der Waals surface area contributed by atoms with E-state index in [0.29, 0.717) is 0 Å². The van der Waals surface area contributed by atoms with Gasteiger partial charge in [0.2, 0.25) is 0 Å². The molecule has 0 heterocycles. The molecule has 2 heteroatoms. The maximum absolute atomic E-state index is 11.0. The molecule has 0 fully saturated rings. The van der Waals surface area contributed by atoms with Gasteiger partial charge in [0.05, 0.1) is 0 Å². The molecule has 0 amide bonds. The van der Waals surface area contributed by atoms with Gasteiger partial charge in [0.25, 0.3) is 0 Å². The third-order valence-corrected chi connectivity index (χ3v) is 7.72. The fraction of sp³-hybridized carbons (Fsp3) is 0.300. The van der Waals surface area contributed by atoms with Gasteiger partial charge in [-0.15, -0.1) is 0 Å². The van der Waals surface area contributed by atoms with E-state index in [0.717, 1.165) is 0 Å². The fourth-order valence-electron chi connectivity index (χ4n) is 1.03. The van der Waals surface area contributed by atoms with E-state index < -0.39 is 18.4 Å². The van der Waals surface area contributed by atoms with Gasteiger partial charge in [0.15, 0.2) is 0 Å². The third-order valence-electron chi connectivity index (χ3n) is 1.83. The van der Waals surface area contributed by atoms with Gasteiger partial charge in [-0.05, 0) is 0 Å². The number of hydrogen-bond acceptors (Lipinski definition) is 1. The molecular weight excluding hydrogens is 255 g/mol. The zero-order valence-electron chi connectivity index (χ0n) is 7.79. The molecule has 0 bridgehead atoms. The van der Waals surface area contributed by atoms with Gasteiger partial charge in [-0.3, -0.25) is 0 Å². The molecule has 0 aromatic heterocycles. The molecule has 1 rings (SSSR count). The Morgan fingerprint density at radius 1 is 1.00 bits per heavy atom. The molecule has 64 valence electrons. The van der Waals surface area contributed by atoms with Crippen LogP contribution in [0.2, 0.25) is 14.8 Å². The van der Waals surface area contributed by atoms with Crippen LogP contribution in [0.1, 0.15) is 0 Å². The Kier molecular flexibility index (Phi) is 2.93. The Hall–Kier alpha value is -0.311. The Labute approximate surface area is 77.3 Å². The molecule has 0 saturated heterocycles. The summed E-state index contributed by atoms with van der Waals surface area (Å²) in [5.74, 6) is 0. The Morgan fingerprint density at radius 2 is 1.67 bits per heavy atom. The Bertz CT molecular complexity index is 325. The summed E-state index contributed by atoms with van der Waals surface area (Å²) in [6.45, 7) is 0. The van der Waals surface area contributed by atoms with Crippen molar-refractivity contribution in [3.63, 3.8) is 0 Å². The average molecular weight is 269 g/mol. The second-order valence-corrected chi connectivity index (χ2v) is 18.5. The Morgan fingerprint density at radius 3 is 2.25 bits per heavy atom. The van der Waals surface area contributed by atoms with E-state index in [1.165, 1.54) is 3.58 Å². The summed E-state index contributed by atoms with van der Waals surface area (Å²) in [5, 5.41) is 0. The summed E-state index contributed by atoms with van der Waals surface area (Å²) in [7, 11) is 0. The molecule has 0 aliphatic heterocycles. The maximum atomic E-state index is 11.0. The van der Waals surface area contributed by atoms with E-state index in [9.17, 15) is 4.79 Å². The van der Waals surface area contributed by atoms with Gasteiger partial charge in [0, 0.05) is 0 Å². The van der Waals surface area contributed by atoms with Gasteiger partial charge < -0.3 is 0 Å². The molecule has 0 saturated carbocycles. The summed E-state index contributed by atoms with van der Waals surface area (Å²) in [5.41, 5.74) is 0.0942. The molecule has 0 atom stereocenters. The van der Waals surface area contributed by atoms with Gasteiger partial charge in [-0.25, -0.2) is 0 Å². The number of hydrogen-bond donors (Lipinski definition) is 0. The molecule has 12 heavy (non-hydrogen) atoms. The van der Waals surface area contributed by atoms with E-state index in [2.05, 4.69) is 20.9 Å². The van der Waals surface area contributed by atoms with E-state index in [1.807, 2.05) is 12.1 Å². The molecule has 1 aromatic carbocycles. The summed E-state index contributed by atoms with van der Waals surface area (Å²) in [6, 6.07) is 9.20. The normalized spacial score (nSPS) is 11.2. The topological polar surface area (TPSA) is 17.1 Å². The molecule has 0 radical (unpaired) electrons. The summed E-state index contributed by atoms with van der Waals surface area (Å²) < 4.78 is 1.39. The second-order valence-electron chi connectivity index (χ2n) is 3.97. The van der Waals surface area contributed by atoms with Gasteiger partial charge in [-0.2, -0.15) is 0 Å². The zero-order chi connectivity index (χ0) is 9.19. The summed E-state index contributed by atoms with van der Waals surface area (Å²) in [4.78, 5) is 18.0. The monoisotopic (exact) mass is 270 g/mol. The van der Waals surface area contributed by atoms with E-state index in [1.54, 1.807) is 12.1 Å². The van der Waals surface area contributed by atoms with Crippen LogP contribution >= 0.6 is 0 Å². The molecular formula is C10H14OSn. The number of rotatable bonds is 1. The van der Waals surface area contributed by atoms with Crippen molar-refractivity contribution in [2.45, 2.75) is 14.8 Å². The summed E-state index contributed by atoms with van der Waals surface area (Å²) >= 11 is -1.95. The summed E-state index contributed by atoms with van der Waals surface area (Å²) in [6.07, 6.45) is 0. The van der Waals surface area contributed by atoms with Crippen molar-refractivity contribution in [1.29, 1.82) is 0 Å². The van der Waals surface area contributed by atoms with Crippen molar-refractivity contribution >= 4 is 22.0 Å². The van der Waals surface area contributed by atoms with E-state index >= 15 is 0 Å². The Balaban J connectivity index is 3.23. The first kappa shape index (κ1) is 9.77. The van der Waals surface area contributed by atoms with Gasteiger partial charge >= 0.3 is 77.3 Å². The van der Waals surface area contributed by atoms with Crippen LogP contribution < -0.4 is 9.01 Å². The molecule has 0 spiro atoms. The van der Waals surface area contributed by atoms with Crippen molar-refractivity contribution in [2.75, 3.05) is 0 Å². The second kappa shape index (κ2) is 3.60. The average Bonchev–Trinajstić information content (AvgIpc) is 2.11. The minimum absolute atomic E-state index is 0.0942. The fourth-order valence-corrected chi connectivity index (χ4v) is 4.40. The van der Waals surface area contributed by atoms with Gasteiger partial charge in [-0.1, -0.05) is 0 Å². The standard InChI is InChI=1S/C7H5O.3CH3.Sn/c8-7-5-3-1-2-4-6-7;;;;/h1,3-6H;3*1H3;. The van der Waals surface area contributed by atoms with Crippen molar-refractivity contribution in [2.24, 2.45) is 0 Å². The van der Waals surface area contributed by atoms with Crippen LogP contribution in [0.5, 0.6) is 0 Å². The first-order valence-corrected chi connectivity index (χ1v) is 14.1. The van der Waals surface area contributed by atoms with E-state index in [-0.39, 0.29) is 5.43 Å². The molecule has 1 nitrogen and oxygen atoms in total. The molecule has 0 N–H and O–H groups in total. The zero-order valence-corrected chi connectivity index (χ0v) is 10.6. The van der Waals surface area contributed by atoms with Crippen molar-refractivity contribution in [3.05, 3.63) is 40.6 Å². The first-order valence-electron chi connectivity index (χ1n) is 4.11. The quantitative estimate of drug-likeness (QED) is 0.707. The minimum atomic E-state index is -1.95. The van der Waals surface area contributed by atoms with Crippen LogP contribution in [0.15, 0.2) is 35.1 Å².